The summed E-state index contributed by atoms with van der Waals surface area (Å²) in [6, 6.07) is 12.2. The third-order valence-corrected chi connectivity index (χ3v) is 10.5. The van der Waals surface area contributed by atoms with Crippen molar-refractivity contribution in [3.63, 3.8) is 0 Å². The third-order valence-electron chi connectivity index (χ3n) is 6.98. The molecule has 2 N–H and O–H groups in total. The van der Waals surface area contributed by atoms with Crippen LogP contribution in [0.5, 0.6) is 0 Å². The lowest BCUT2D eigenvalue weighted by Crippen LogP contribution is -2.32. The van der Waals surface area contributed by atoms with Crippen molar-refractivity contribution in [2.24, 2.45) is 0 Å². The number of nitrogens with zero attached hydrogens (tertiary/aromatic N) is 3. The second-order valence-corrected chi connectivity index (χ2v) is 14.5. The highest BCUT2D eigenvalue weighted by Gasteiger charge is 2.65. The van der Waals surface area contributed by atoms with Crippen molar-refractivity contribution in [2.45, 2.75) is 53.2 Å². The predicted octanol–water partition coefficient (Wildman–Crippen LogP) is 8.82. The van der Waals surface area contributed by atoms with Gasteiger partial charge in [-0.15, -0.1) is 10.2 Å². The SMILES string of the molecule is N=S(=O)(c1ccc(-c2ccc3nnc(C(F)F)n3c2)cc1)C1CCC(Nc2ccc(S(F)(F)(F)(F)F)cc2)CC1. The first-order valence-corrected chi connectivity index (χ1v) is 15.7. The fourth-order valence-electron chi connectivity index (χ4n) is 4.85. The van der Waals surface area contributed by atoms with Crippen LogP contribution < -0.4 is 5.32 Å². The topological polar surface area (TPSA) is 83.1 Å². The van der Waals surface area contributed by atoms with Crippen molar-refractivity contribution in [1.29, 1.82) is 4.78 Å². The number of hydrogen-bond donors (Lipinski definition) is 2. The number of rotatable bonds is 7. The Morgan fingerprint density at radius 3 is 2.02 bits per heavy atom. The number of alkyl halides is 2. The number of anilines is 1. The monoisotopic (exact) mass is 607 g/mol. The van der Waals surface area contributed by atoms with E-state index in [0.29, 0.717) is 53.8 Å². The lowest BCUT2D eigenvalue weighted by atomic mass is 9.95. The number of hydrogen-bond acceptors (Lipinski definition) is 5. The van der Waals surface area contributed by atoms with Crippen molar-refractivity contribution in [1.82, 2.24) is 14.6 Å². The predicted molar refractivity (Wildman–Crippen MR) is 140 cm³/mol. The maximum Gasteiger partial charge on any atom is 0.310 e. The van der Waals surface area contributed by atoms with Crippen LogP contribution >= 0.6 is 10.2 Å². The minimum atomic E-state index is -9.73. The van der Waals surface area contributed by atoms with Gasteiger partial charge in [-0.1, -0.05) is 31.6 Å². The highest BCUT2D eigenvalue weighted by Crippen LogP contribution is 3.02. The van der Waals surface area contributed by atoms with Crippen LogP contribution in [-0.2, 0) is 9.73 Å². The molecule has 0 saturated heterocycles. The molecule has 2 aromatic heterocycles. The molecule has 0 bridgehead atoms. The average molecular weight is 608 g/mol. The van der Waals surface area contributed by atoms with E-state index in [1.807, 2.05) is 0 Å². The van der Waals surface area contributed by atoms with Crippen molar-refractivity contribution in [3.8, 4) is 11.1 Å². The summed E-state index contributed by atoms with van der Waals surface area (Å²) in [5.74, 6) is -0.478. The van der Waals surface area contributed by atoms with E-state index >= 15 is 0 Å². The quantitative estimate of drug-likeness (QED) is 0.206. The van der Waals surface area contributed by atoms with E-state index in [1.54, 1.807) is 36.4 Å². The Balaban J connectivity index is 1.24. The summed E-state index contributed by atoms with van der Waals surface area (Å²) >= 11 is 0. The maximum absolute atomic E-state index is 13.5. The summed E-state index contributed by atoms with van der Waals surface area (Å²) < 4.78 is 114. The minimum absolute atomic E-state index is 0.176. The van der Waals surface area contributed by atoms with Gasteiger partial charge in [0.1, 0.15) is 4.90 Å². The first kappa shape index (κ1) is 28.2. The number of benzene rings is 2. The highest BCUT2D eigenvalue weighted by molar-refractivity contribution is 8.45. The Morgan fingerprint density at radius 1 is 0.850 bits per heavy atom. The van der Waals surface area contributed by atoms with Crippen molar-refractivity contribution >= 4 is 31.3 Å². The van der Waals surface area contributed by atoms with Crippen LogP contribution in [0.4, 0.5) is 33.9 Å². The number of nitrogens with one attached hydrogen (secondary N) is 2. The molecule has 216 valence electrons. The Kier molecular flexibility index (Phi) is 6.41. The fraction of sp³-hybridized carbons (Fsp3) is 0.280. The van der Waals surface area contributed by atoms with Gasteiger partial charge in [-0.05, 0) is 85.3 Å². The van der Waals surface area contributed by atoms with Gasteiger partial charge in [-0.25, -0.2) is 17.8 Å². The molecule has 4 aromatic rings. The van der Waals surface area contributed by atoms with Crippen LogP contribution in [0.1, 0.15) is 37.9 Å². The Bertz CT molecular complexity index is 1650. The van der Waals surface area contributed by atoms with E-state index in [0.717, 1.165) is 12.1 Å². The zero-order valence-electron chi connectivity index (χ0n) is 20.6. The Hall–Kier alpha value is -3.33. The van der Waals surface area contributed by atoms with Crippen LogP contribution in [0.2, 0.25) is 0 Å². The van der Waals surface area contributed by atoms with Crippen molar-refractivity contribution < 1.29 is 32.4 Å². The largest absolute Gasteiger partial charge is 0.382 e. The highest BCUT2D eigenvalue weighted by atomic mass is 32.5. The molecule has 1 unspecified atom stereocenters. The molecule has 0 spiro atoms. The molecule has 2 aromatic carbocycles. The summed E-state index contributed by atoms with van der Waals surface area (Å²) in [7, 11) is -12.9. The molecule has 1 atom stereocenters. The molecule has 6 nitrogen and oxygen atoms in total. The molecule has 40 heavy (non-hydrogen) atoms. The lowest BCUT2D eigenvalue weighted by molar-refractivity contribution is 0.139. The van der Waals surface area contributed by atoms with Crippen LogP contribution in [0.3, 0.4) is 0 Å². The van der Waals surface area contributed by atoms with E-state index in [2.05, 4.69) is 15.5 Å². The van der Waals surface area contributed by atoms with Crippen LogP contribution in [-0.4, -0.2) is 30.1 Å². The molecule has 1 aliphatic carbocycles. The van der Waals surface area contributed by atoms with E-state index in [1.165, 1.54) is 10.6 Å². The summed E-state index contributed by atoms with van der Waals surface area (Å²) in [4.78, 5) is -1.62. The average Bonchev–Trinajstić information content (AvgIpc) is 3.32. The van der Waals surface area contributed by atoms with Gasteiger partial charge in [0.15, 0.2) is 5.65 Å². The van der Waals surface area contributed by atoms with E-state index < -0.39 is 42.3 Å². The van der Waals surface area contributed by atoms with Gasteiger partial charge in [0.25, 0.3) is 6.43 Å². The molecule has 0 radical (unpaired) electrons. The van der Waals surface area contributed by atoms with Gasteiger partial charge in [0.2, 0.25) is 5.82 Å². The van der Waals surface area contributed by atoms with Gasteiger partial charge in [0.05, 0.1) is 9.73 Å². The molecule has 0 amide bonds. The van der Waals surface area contributed by atoms with Gasteiger partial charge >= 0.3 is 10.2 Å². The third kappa shape index (κ3) is 5.75. The molecular formula is C25H24F7N5OS2. The Morgan fingerprint density at radius 2 is 1.45 bits per heavy atom. The fourth-order valence-corrected chi connectivity index (χ4v) is 7.36. The Labute approximate surface area is 225 Å². The first-order chi connectivity index (χ1) is 18.5. The number of fused-ring (bicyclic) bond motifs is 1. The normalized spacial score (nSPS) is 21.5. The maximum atomic E-state index is 13.5. The number of aromatic nitrogens is 3. The second-order valence-electron chi connectivity index (χ2n) is 9.74. The molecule has 15 heteroatoms. The van der Waals surface area contributed by atoms with E-state index in [-0.39, 0.29) is 17.4 Å². The number of halogens is 7. The van der Waals surface area contributed by atoms with Gasteiger partial charge in [-0.2, -0.15) is 0 Å². The molecule has 5 rings (SSSR count). The summed E-state index contributed by atoms with van der Waals surface area (Å²) in [6.45, 7) is 0. The van der Waals surface area contributed by atoms with Gasteiger partial charge < -0.3 is 5.32 Å². The number of pyridine rings is 1. The summed E-state index contributed by atoms with van der Waals surface area (Å²) in [5, 5.41) is 9.80. The molecular weight excluding hydrogens is 583 g/mol. The van der Waals surface area contributed by atoms with Crippen LogP contribution in [0.25, 0.3) is 16.8 Å². The zero-order valence-corrected chi connectivity index (χ0v) is 22.3. The second kappa shape index (κ2) is 9.09. The smallest absolute Gasteiger partial charge is 0.310 e. The minimum Gasteiger partial charge on any atom is -0.382 e. The van der Waals surface area contributed by atoms with Crippen LogP contribution in [0, 0.1) is 4.78 Å². The first-order valence-electron chi connectivity index (χ1n) is 12.1. The molecule has 1 aliphatic rings. The van der Waals surface area contributed by atoms with Gasteiger partial charge in [-0.3, -0.25) is 4.40 Å². The van der Waals surface area contributed by atoms with Gasteiger partial charge in [0, 0.05) is 28.1 Å². The zero-order chi connectivity index (χ0) is 29.0. The molecule has 0 aliphatic heterocycles. The summed E-state index contributed by atoms with van der Waals surface area (Å²) in [6.07, 6.45) is 0.523. The van der Waals surface area contributed by atoms with E-state index in [4.69, 9.17) is 4.78 Å². The van der Waals surface area contributed by atoms with Crippen LogP contribution in [0.15, 0.2) is 76.7 Å². The van der Waals surface area contributed by atoms with Crippen molar-refractivity contribution in [3.05, 3.63) is 72.7 Å². The lowest BCUT2D eigenvalue weighted by Gasteiger charge is -2.40. The molecule has 1 saturated carbocycles. The standard InChI is InChI=1S/C25H24F7N5OS2/c26-24(27)25-36-35-23-14-3-17(15-37(23)25)16-1-8-20(9-2-16)39(33,38)21-10-4-18(5-11-21)34-19-6-12-22(13-7-19)40(28,29,30,31)32/h1-3,6-9,12-15,18,21,24,33-34H,4-5,10-11H2. The summed E-state index contributed by atoms with van der Waals surface area (Å²) in [5.41, 5.74) is 1.81. The van der Waals surface area contributed by atoms with Crippen molar-refractivity contribution in [2.75, 3.05) is 5.32 Å². The molecule has 2 heterocycles. The van der Waals surface area contributed by atoms with E-state index in [9.17, 15) is 32.4 Å². The molecule has 1 fully saturated rings.